The number of nitrogens with zero attached hydrogens (tertiary/aromatic N) is 4. The van der Waals surface area contributed by atoms with Crippen molar-refractivity contribution in [1.82, 2.24) is 14.9 Å². The topological polar surface area (TPSA) is 109 Å². The van der Waals surface area contributed by atoms with Crippen LogP contribution in [0.5, 0.6) is 17.2 Å². The van der Waals surface area contributed by atoms with Crippen molar-refractivity contribution < 1.29 is 14.2 Å². The molecule has 0 bridgehead atoms. The number of methoxy groups -OCH3 is 3. The molecular weight excluding hydrogens is 347 g/mol. The highest BCUT2D eigenvalue weighted by molar-refractivity contribution is 5.85. The van der Waals surface area contributed by atoms with E-state index in [4.69, 9.17) is 20.1 Å². The van der Waals surface area contributed by atoms with E-state index in [0.717, 1.165) is 5.56 Å². The molecule has 1 aromatic heterocycles. The number of nitrogens with one attached hydrogen (secondary N) is 1. The summed E-state index contributed by atoms with van der Waals surface area (Å²) < 4.78 is 17.0. The quantitative estimate of drug-likeness (QED) is 0.451. The molecule has 1 heterocycles. The molecule has 0 saturated carbocycles. The SMILES string of the molecule is COc1cc(/C=N/Nc2nncn2N)cc(OC)c1OC.Cl.Cl. The molecule has 0 radical (unpaired) electrons. The summed E-state index contributed by atoms with van der Waals surface area (Å²) in [4.78, 5) is 0. The normalized spacial score (nSPS) is 9.70. The molecular formula is C12H18Cl2N6O3. The lowest BCUT2D eigenvalue weighted by Gasteiger charge is -2.12. The number of nitrogen functional groups attached to an aromatic ring is 1. The lowest BCUT2D eigenvalue weighted by atomic mass is 10.2. The van der Waals surface area contributed by atoms with Gasteiger partial charge in [-0.3, -0.25) is 0 Å². The van der Waals surface area contributed by atoms with Gasteiger partial charge >= 0.3 is 0 Å². The molecule has 23 heavy (non-hydrogen) atoms. The molecule has 0 atom stereocenters. The third kappa shape index (κ3) is 4.80. The van der Waals surface area contributed by atoms with Crippen molar-refractivity contribution in [2.24, 2.45) is 5.10 Å². The standard InChI is InChI=1S/C12H16N6O3.2ClH/c1-19-9-4-8(5-10(20-2)11(9)21-3)6-14-16-12-17-15-7-18(12)13;;/h4-7H,13H2,1-3H3,(H,16,17);2*1H/b14-6+;;. The van der Waals surface area contributed by atoms with Gasteiger partial charge in [-0.05, 0) is 12.1 Å². The number of halogens is 2. The predicted octanol–water partition coefficient (Wildman–Crippen LogP) is 1.31. The maximum absolute atomic E-state index is 5.55. The van der Waals surface area contributed by atoms with E-state index in [9.17, 15) is 0 Å². The summed E-state index contributed by atoms with van der Waals surface area (Å²) in [5, 5.41) is 11.4. The average Bonchev–Trinajstić information content (AvgIpc) is 2.91. The van der Waals surface area contributed by atoms with E-state index in [-0.39, 0.29) is 24.8 Å². The van der Waals surface area contributed by atoms with Crippen molar-refractivity contribution in [2.75, 3.05) is 32.6 Å². The Morgan fingerprint density at radius 2 is 1.74 bits per heavy atom. The average molecular weight is 365 g/mol. The molecule has 9 nitrogen and oxygen atoms in total. The Labute approximate surface area is 145 Å². The Kier molecular flexibility index (Phi) is 8.59. The Morgan fingerprint density at radius 3 is 2.17 bits per heavy atom. The fourth-order valence-electron chi connectivity index (χ4n) is 1.66. The van der Waals surface area contributed by atoms with Crippen LogP contribution in [0.2, 0.25) is 0 Å². The minimum absolute atomic E-state index is 0. The molecule has 0 saturated heterocycles. The van der Waals surface area contributed by atoms with Gasteiger partial charge in [-0.25, -0.2) is 10.1 Å². The van der Waals surface area contributed by atoms with Gasteiger partial charge in [0.25, 0.3) is 5.95 Å². The zero-order chi connectivity index (χ0) is 15.2. The first kappa shape index (κ1) is 20.6. The molecule has 128 valence electrons. The lowest BCUT2D eigenvalue weighted by molar-refractivity contribution is 0.324. The first-order chi connectivity index (χ1) is 10.2. The second kappa shape index (κ2) is 9.59. The summed E-state index contributed by atoms with van der Waals surface area (Å²) in [5.74, 6) is 7.47. The number of nitrogens with two attached hydrogens (primary N) is 1. The zero-order valence-electron chi connectivity index (χ0n) is 12.7. The Morgan fingerprint density at radius 1 is 1.13 bits per heavy atom. The van der Waals surface area contributed by atoms with E-state index < -0.39 is 0 Å². The van der Waals surface area contributed by atoms with Gasteiger partial charge in [-0.1, -0.05) is 0 Å². The number of aromatic nitrogens is 3. The molecule has 11 heteroatoms. The van der Waals surface area contributed by atoms with Crippen molar-refractivity contribution >= 4 is 37.0 Å². The summed E-state index contributed by atoms with van der Waals surface area (Å²) in [6.45, 7) is 0. The molecule has 2 rings (SSSR count). The van der Waals surface area contributed by atoms with E-state index in [2.05, 4.69) is 20.7 Å². The Hall–Kier alpha value is -2.39. The monoisotopic (exact) mass is 364 g/mol. The summed E-state index contributed by atoms with van der Waals surface area (Å²) in [7, 11) is 4.64. The molecule has 0 aliphatic rings. The molecule has 0 amide bonds. The van der Waals surface area contributed by atoms with E-state index in [1.54, 1.807) is 39.7 Å². The van der Waals surface area contributed by atoms with Crippen LogP contribution < -0.4 is 25.5 Å². The van der Waals surface area contributed by atoms with Crippen molar-refractivity contribution in [3.8, 4) is 17.2 Å². The number of ether oxygens (including phenoxy) is 3. The molecule has 0 aliphatic carbocycles. The van der Waals surface area contributed by atoms with E-state index in [1.165, 1.54) is 11.0 Å². The largest absolute Gasteiger partial charge is 0.493 e. The lowest BCUT2D eigenvalue weighted by Crippen LogP contribution is -2.10. The van der Waals surface area contributed by atoms with Crippen LogP contribution in [0.25, 0.3) is 0 Å². The molecule has 0 unspecified atom stereocenters. The van der Waals surface area contributed by atoms with Crippen LogP contribution in [-0.4, -0.2) is 42.4 Å². The number of benzene rings is 1. The fourth-order valence-corrected chi connectivity index (χ4v) is 1.66. The maximum Gasteiger partial charge on any atom is 0.263 e. The minimum Gasteiger partial charge on any atom is -0.493 e. The van der Waals surface area contributed by atoms with Crippen LogP contribution in [0.15, 0.2) is 23.6 Å². The van der Waals surface area contributed by atoms with E-state index >= 15 is 0 Å². The van der Waals surface area contributed by atoms with Crippen LogP contribution in [0.3, 0.4) is 0 Å². The van der Waals surface area contributed by atoms with Crippen molar-refractivity contribution in [1.29, 1.82) is 0 Å². The zero-order valence-corrected chi connectivity index (χ0v) is 14.3. The summed E-state index contributed by atoms with van der Waals surface area (Å²) >= 11 is 0. The Balaban J connectivity index is 0.00000242. The predicted molar refractivity (Wildman–Crippen MR) is 92.0 cm³/mol. The van der Waals surface area contributed by atoms with Gasteiger partial charge in [0, 0.05) is 5.56 Å². The summed E-state index contributed by atoms with van der Waals surface area (Å²) in [6, 6.07) is 3.53. The molecule has 1 aromatic carbocycles. The van der Waals surface area contributed by atoms with Crippen LogP contribution >= 0.6 is 24.8 Å². The van der Waals surface area contributed by atoms with Crippen LogP contribution in [0, 0.1) is 0 Å². The first-order valence-electron chi connectivity index (χ1n) is 5.93. The van der Waals surface area contributed by atoms with Crippen molar-refractivity contribution in [3.63, 3.8) is 0 Å². The fraction of sp³-hybridized carbons (Fsp3) is 0.250. The number of hydrogen-bond donors (Lipinski definition) is 2. The maximum atomic E-state index is 5.55. The van der Waals surface area contributed by atoms with Gasteiger partial charge < -0.3 is 20.1 Å². The highest BCUT2D eigenvalue weighted by Gasteiger charge is 2.12. The molecule has 2 aromatic rings. The molecule has 0 aliphatic heterocycles. The van der Waals surface area contributed by atoms with Gasteiger partial charge in [0.1, 0.15) is 6.33 Å². The van der Waals surface area contributed by atoms with Crippen molar-refractivity contribution in [2.45, 2.75) is 0 Å². The third-order valence-corrected chi connectivity index (χ3v) is 2.64. The van der Waals surface area contributed by atoms with Gasteiger partial charge in [0.15, 0.2) is 11.5 Å². The molecule has 0 spiro atoms. The van der Waals surface area contributed by atoms with Gasteiger partial charge in [-0.2, -0.15) is 5.10 Å². The van der Waals surface area contributed by atoms with Gasteiger partial charge in [-0.15, -0.1) is 35.0 Å². The Bertz CT molecular complexity index is 624. The summed E-state index contributed by atoms with van der Waals surface area (Å²) in [6.07, 6.45) is 2.93. The highest BCUT2D eigenvalue weighted by atomic mass is 35.5. The highest BCUT2D eigenvalue weighted by Crippen LogP contribution is 2.37. The van der Waals surface area contributed by atoms with Crippen LogP contribution in [-0.2, 0) is 0 Å². The second-order valence-electron chi connectivity index (χ2n) is 3.89. The molecule has 0 fully saturated rings. The van der Waals surface area contributed by atoms with Crippen LogP contribution in [0.4, 0.5) is 5.95 Å². The van der Waals surface area contributed by atoms with Gasteiger partial charge in [0.2, 0.25) is 5.75 Å². The molecule has 3 N–H and O–H groups in total. The number of anilines is 1. The minimum atomic E-state index is 0. The summed E-state index contributed by atoms with van der Waals surface area (Å²) in [5.41, 5.74) is 3.42. The number of rotatable bonds is 6. The van der Waals surface area contributed by atoms with Gasteiger partial charge in [0.05, 0.1) is 27.5 Å². The van der Waals surface area contributed by atoms with Crippen molar-refractivity contribution in [3.05, 3.63) is 24.0 Å². The number of hydrazone groups is 1. The smallest absolute Gasteiger partial charge is 0.263 e. The third-order valence-electron chi connectivity index (χ3n) is 2.64. The number of hydrogen-bond acceptors (Lipinski definition) is 8. The van der Waals surface area contributed by atoms with E-state index in [0.29, 0.717) is 23.2 Å². The second-order valence-corrected chi connectivity index (χ2v) is 3.89. The first-order valence-corrected chi connectivity index (χ1v) is 5.93. The van der Waals surface area contributed by atoms with Crippen LogP contribution in [0.1, 0.15) is 5.56 Å². The van der Waals surface area contributed by atoms with E-state index in [1.807, 2.05) is 0 Å².